The van der Waals surface area contributed by atoms with Crippen molar-refractivity contribution >= 4 is 29.1 Å². The highest BCUT2D eigenvalue weighted by atomic mass is 16.2. The summed E-state index contributed by atoms with van der Waals surface area (Å²) >= 11 is 0. The third-order valence-electron chi connectivity index (χ3n) is 6.70. The molecular weight excluding hydrogens is 404 g/mol. The maximum Gasteiger partial charge on any atom is 0.252 e. The van der Waals surface area contributed by atoms with Crippen LogP contribution in [0.2, 0.25) is 0 Å². The SMILES string of the molecule is NC1CCCCC1NC(=O)c1ccc2c(c1)NC(=O)C(c1ccccc1)N2C(=O)C1CC1. The second-order valence-corrected chi connectivity index (χ2v) is 9.05. The highest BCUT2D eigenvalue weighted by molar-refractivity contribution is 6.14. The van der Waals surface area contributed by atoms with Crippen LogP contribution in [0.5, 0.6) is 0 Å². The lowest BCUT2D eigenvalue weighted by atomic mass is 9.91. The van der Waals surface area contributed by atoms with Gasteiger partial charge in [-0.15, -0.1) is 0 Å². The molecule has 0 bridgehead atoms. The molecule has 3 amide bonds. The average molecular weight is 433 g/mol. The van der Waals surface area contributed by atoms with Crippen LogP contribution in [0.25, 0.3) is 0 Å². The lowest BCUT2D eigenvalue weighted by molar-refractivity contribution is -0.124. The van der Waals surface area contributed by atoms with Gasteiger partial charge in [-0.3, -0.25) is 19.3 Å². The van der Waals surface area contributed by atoms with Crippen LogP contribution in [0.15, 0.2) is 48.5 Å². The van der Waals surface area contributed by atoms with Crippen molar-refractivity contribution in [2.75, 3.05) is 10.2 Å². The fourth-order valence-electron chi connectivity index (χ4n) is 4.74. The molecule has 2 fully saturated rings. The smallest absolute Gasteiger partial charge is 0.252 e. The molecule has 5 rings (SSSR count). The molecule has 1 heterocycles. The summed E-state index contributed by atoms with van der Waals surface area (Å²) in [5.74, 6) is -0.574. The van der Waals surface area contributed by atoms with Gasteiger partial charge in [0.15, 0.2) is 0 Å². The van der Waals surface area contributed by atoms with Crippen molar-refractivity contribution in [2.24, 2.45) is 11.7 Å². The van der Waals surface area contributed by atoms with E-state index in [-0.39, 0.29) is 35.7 Å². The summed E-state index contributed by atoms with van der Waals surface area (Å²) in [6.45, 7) is 0. The molecule has 2 aromatic rings. The van der Waals surface area contributed by atoms with E-state index in [0.717, 1.165) is 44.1 Å². The van der Waals surface area contributed by atoms with Crippen molar-refractivity contribution in [1.29, 1.82) is 0 Å². The summed E-state index contributed by atoms with van der Waals surface area (Å²) in [5, 5.41) is 5.97. The monoisotopic (exact) mass is 432 g/mol. The molecule has 32 heavy (non-hydrogen) atoms. The van der Waals surface area contributed by atoms with E-state index in [1.807, 2.05) is 30.3 Å². The number of hydrogen-bond acceptors (Lipinski definition) is 4. The number of amides is 3. The molecule has 7 nitrogen and oxygen atoms in total. The maximum absolute atomic E-state index is 13.2. The van der Waals surface area contributed by atoms with Gasteiger partial charge >= 0.3 is 0 Å². The topological polar surface area (TPSA) is 105 Å². The summed E-state index contributed by atoms with van der Waals surface area (Å²) in [7, 11) is 0. The van der Waals surface area contributed by atoms with E-state index in [4.69, 9.17) is 5.73 Å². The van der Waals surface area contributed by atoms with Gasteiger partial charge in [0.1, 0.15) is 6.04 Å². The van der Waals surface area contributed by atoms with E-state index in [1.54, 1.807) is 23.1 Å². The van der Waals surface area contributed by atoms with Crippen molar-refractivity contribution in [3.05, 3.63) is 59.7 Å². The van der Waals surface area contributed by atoms with E-state index >= 15 is 0 Å². The Morgan fingerprint density at radius 1 is 1.00 bits per heavy atom. The van der Waals surface area contributed by atoms with Crippen LogP contribution in [0, 0.1) is 5.92 Å². The van der Waals surface area contributed by atoms with Gasteiger partial charge < -0.3 is 16.4 Å². The minimum absolute atomic E-state index is 0.0386. The average Bonchev–Trinajstić information content (AvgIpc) is 3.65. The van der Waals surface area contributed by atoms with E-state index in [0.29, 0.717) is 16.9 Å². The van der Waals surface area contributed by atoms with Gasteiger partial charge in [-0.2, -0.15) is 0 Å². The largest absolute Gasteiger partial charge is 0.348 e. The van der Waals surface area contributed by atoms with Crippen LogP contribution in [0.3, 0.4) is 0 Å². The Labute approximate surface area is 187 Å². The fraction of sp³-hybridized carbons (Fsp3) is 0.400. The lowest BCUT2D eigenvalue weighted by Crippen LogP contribution is -2.49. The van der Waals surface area contributed by atoms with Crippen LogP contribution in [-0.2, 0) is 9.59 Å². The number of nitrogens with one attached hydrogen (secondary N) is 2. The first-order valence-electron chi connectivity index (χ1n) is 11.4. The molecule has 166 valence electrons. The number of rotatable bonds is 4. The first-order valence-corrected chi connectivity index (χ1v) is 11.4. The normalized spacial score (nSPS) is 25.0. The molecule has 0 saturated heterocycles. The molecule has 1 aliphatic heterocycles. The summed E-state index contributed by atoms with van der Waals surface area (Å²) in [4.78, 5) is 40.9. The third-order valence-corrected chi connectivity index (χ3v) is 6.70. The van der Waals surface area contributed by atoms with Crippen LogP contribution < -0.4 is 21.3 Å². The highest BCUT2D eigenvalue weighted by Gasteiger charge is 2.43. The zero-order chi connectivity index (χ0) is 22.2. The Balaban J connectivity index is 1.46. The second-order valence-electron chi connectivity index (χ2n) is 9.05. The minimum Gasteiger partial charge on any atom is -0.348 e. The Morgan fingerprint density at radius 2 is 1.75 bits per heavy atom. The highest BCUT2D eigenvalue weighted by Crippen LogP contribution is 2.43. The van der Waals surface area contributed by atoms with Crippen molar-refractivity contribution in [2.45, 2.75) is 56.7 Å². The molecule has 4 N–H and O–H groups in total. The number of fused-ring (bicyclic) bond motifs is 1. The summed E-state index contributed by atoms with van der Waals surface area (Å²) in [6, 6.07) is 13.7. The quantitative estimate of drug-likeness (QED) is 0.690. The van der Waals surface area contributed by atoms with Gasteiger partial charge in [0.25, 0.3) is 11.8 Å². The molecule has 3 atom stereocenters. The Morgan fingerprint density at radius 3 is 2.47 bits per heavy atom. The molecule has 0 aromatic heterocycles. The van der Waals surface area contributed by atoms with Crippen LogP contribution in [-0.4, -0.2) is 29.8 Å². The lowest BCUT2D eigenvalue weighted by Gasteiger charge is -2.37. The molecule has 0 spiro atoms. The third kappa shape index (κ3) is 3.88. The zero-order valence-corrected chi connectivity index (χ0v) is 17.9. The standard InChI is InChI=1S/C25H28N4O3/c26-18-8-4-5-9-19(18)27-23(30)17-12-13-21-20(14-17)28-24(31)22(15-6-2-1-3-7-15)29(21)25(32)16-10-11-16/h1-3,6-7,12-14,16,18-19,22H,4-5,8-11,26H2,(H,27,30)(H,28,31). The van der Waals surface area contributed by atoms with E-state index in [9.17, 15) is 14.4 Å². The van der Waals surface area contributed by atoms with Crippen molar-refractivity contribution < 1.29 is 14.4 Å². The van der Waals surface area contributed by atoms with E-state index < -0.39 is 6.04 Å². The molecule has 2 aromatic carbocycles. The van der Waals surface area contributed by atoms with Crippen molar-refractivity contribution in [3.63, 3.8) is 0 Å². The number of nitrogens with zero attached hydrogens (tertiary/aromatic N) is 1. The first-order chi connectivity index (χ1) is 15.5. The van der Waals surface area contributed by atoms with Gasteiger partial charge in [0, 0.05) is 23.6 Å². The number of benzene rings is 2. The molecule has 3 unspecified atom stereocenters. The summed E-state index contributed by atoms with van der Waals surface area (Å²) < 4.78 is 0. The Bertz CT molecular complexity index is 1050. The molecular formula is C25H28N4O3. The van der Waals surface area contributed by atoms with Crippen LogP contribution in [0.1, 0.15) is 60.5 Å². The predicted octanol–water partition coefficient (Wildman–Crippen LogP) is 3.12. The minimum atomic E-state index is -0.725. The van der Waals surface area contributed by atoms with Gasteiger partial charge in [-0.25, -0.2) is 0 Å². The molecule has 2 saturated carbocycles. The van der Waals surface area contributed by atoms with Crippen LogP contribution >= 0.6 is 0 Å². The molecule has 2 aliphatic carbocycles. The van der Waals surface area contributed by atoms with Gasteiger partial charge in [-0.05, 0) is 49.4 Å². The number of hydrogen-bond donors (Lipinski definition) is 3. The molecule has 7 heteroatoms. The summed E-state index contributed by atoms with van der Waals surface area (Å²) in [6.07, 6.45) is 5.61. The maximum atomic E-state index is 13.2. The number of nitrogens with two attached hydrogens (primary N) is 1. The van der Waals surface area contributed by atoms with E-state index in [1.165, 1.54) is 0 Å². The first kappa shape index (κ1) is 20.7. The molecule has 0 radical (unpaired) electrons. The molecule has 3 aliphatic rings. The van der Waals surface area contributed by atoms with Crippen molar-refractivity contribution in [3.8, 4) is 0 Å². The summed E-state index contributed by atoms with van der Waals surface area (Å²) in [5.41, 5.74) is 8.49. The van der Waals surface area contributed by atoms with Gasteiger partial charge in [-0.1, -0.05) is 43.2 Å². The number of carbonyl (C=O) groups excluding carboxylic acids is 3. The Hall–Kier alpha value is -3.19. The van der Waals surface area contributed by atoms with Crippen LogP contribution in [0.4, 0.5) is 11.4 Å². The zero-order valence-electron chi connectivity index (χ0n) is 17.9. The predicted molar refractivity (Wildman–Crippen MR) is 122 cm³/mol. The number of carbonyl (C=O) groups is 3. The van der Waals surface area contributed by atoms with Gasteiger partial charge in [0.05, 0.1) is 11.4 Å². The fourth-order valence-corrected chi connectivity index (χ4v) is 4.74. The number of anilines is 2. The Kier molecular flexibility index (Phi) is 5.43. The second kappa shape index (κ2) is 8.39. The van der Waals surface area contributed by atoms with Crippen molar-refractivity contribution in [1.82, 2.24) is 5.32 Å². The van der Waals surface area contributed by atoms with E-state index in [2.05, 4.69) is 10.6 Å². The van der Waals surface area contributed by atoms with Gasteiger partial charge in [0.2, 0.25) is 5.91 Å².